The predicted octanol–water partition coefficient (Wildman–Crippen LogP) is 6.49. The molecular weight excluding hydrogens is 492 g/mol. The molecule has 5 rings (SSSR count). The summed E-state index contributed by atoms with van der Waals surface area (Å²) in [4.78, 5) is 34.8. The standard InChI is InChI=1S/C32H36N2O5/c1-3-5-6-7-11-22-38-27-18-14-23(15-19-27)29-28-30(39-34(29)25-12-9-8-10-13-25)32(36)33(31(28)35)24-16-20-26(21-17-24)37-4-2/h8-10,12-21,28-30H,3-7,11,22H2,1-2H3/t28-,29+,30-/m0/s1. The second-order valence-electron chi connectivity index (χ2n) is 9.93. The molecule has 7 heteroatoms. The van der Waals surface area contributed by atoms with E-state index in [1.54, 1.807) is 29.3 Å². The van der Waals surface area contributed by atoms with Crippen LogP contribution in [0.4, 0.5) is 11.4 Å². The summed E-state index contributed by atoms with van der Waals surface area (Å²) in [6, 6.07) is 23.9. The van der Waals surface area contributed by atoms with Gasteiger partial charge in [-0.05, 0) is 67.4 Å². The van der Waals surface area contributed by atoms with Crippen molar-refractivity contribution in [2.75, 3.05) is 23.2 Å². The van der Waals surface area contributed by atoms with Crippen molar-refractivity contribution in [3.63, 3.8) is 0 Å². The van der Waals surface area contributed by atoms with Gasteiger partial charge in [-0.2, -0.15) is 0 Å². The lowest BCUT2D eigenvalue weighted by Crippen LogP contribution is -2.37. The number of carbonyl (C=O) groups excluding carboxylic acids is 2. The lowest BCUT2D eigenvalue weighted by molar-refractivity contribution is -0.126. The number of anilines is 2. The molecule has 2 saturated heterocycles. The molecule has 0 saturated carbocycles. The molecule has 0 N–H and O–H groups in total. The second-order valence-corrected chi connectivity index (χ2v) is 9.93. The van der Waals surface area contributed by atoms with Crippen LogP contribution in [0.15, 0.2) is 78.9 Å². The molecule has 0 unspecified atom stereocenters. The number of hydroxylamine groups is 1. The average molecular weight is 529 g/mol. The van der Waals surface area contributed by atoms with Crippen molar-refractivity contribution < 1.29 is 23.9 Å². The summed E-state index contributed by atoms with van der Waals surface area (Å²) in [5, 5.41) is 1.71. The van der Waals surface area contributed by atoms with Crippen LogP contribution in [-0.2, 0) is 14.4 Å². The number of carbonyl (C=O) groups is 2. The molecular formula is C32H36N2O5. The Morgan fingerprint density at radius 3 is 2.08 bits per heavy atom. The van der Waals surface area contributed by atoms with Gasteiger partial charge in [-0.3, -0.25) is 14.4 Å². The number of ether oxygens (including phenoxy) is 2. The van der Waals surface area contributed by atoms with Crippen molar-refractivity contribution in [3.8, 4) is 11.5 Å². The molecule has 0 radical (unpaired) electrons. The number of amides is 2. The van der Waals surface area contributed by atoms with Gasteiger partial charge in [0.25, 0.3) is 5.91 Å². The van der Waals surface area contributed by atoms with E-state index < -0.39 is 18.1 Å². The molecule has 2 aliphatic heterocycles. The molecule has 204 valence electrons. The van der Waals surface area contributed by atoms with Crippen LogP contribution < -0.4 is 19.4 Å². The highest BCUT2D eigenvalue weighted by atomic mass is 16.7. The largest absolute Gasteiger partial charge is 0.494 e. The van der Waals surface area contributed by atoms with Gasteiger partial charge < -0.3 is 9.47 Å². The van der Waals surface area contributed by atoms with E-state index in [4.69, 9.17) is 14.3 Å². The first-order valence-corrected chi connectivity index (χ1v) is 14.0. The van der Waals surface area contributed by atoms with Gasteiger partial charge in [-0.15, -0.1) is 0 Å². The third-order valence-electron chi connectivity index (χ3n) is 7.27. The Kier molecular flexibility index (Phi) is 8.47. The number of unbranched alkanes of at least 4 members (excludes halogenated alkanes) is 4. The van der Waals surface area contributed by atoms with E-state index in [1.807, 2.05) is 61.5 Å². The van der Waals surface area contributed by atoms with Crippen LogP contribution in [-0.4, -0.2) is 31.1 Å². The summed E-state index contributed by atoms with van der Waals surface area (Å²) >= 11 is 0. The van der Waals surface area contributed by atoms with Crippen molar-refractivity contribution in [1.29, 1.82) is 0 Å². The fourth-order valence-corrected chi connectivity index (χ4v) is 5.32. The summed E-state index contributed by atoms with van der Waals surface area (Å²) in [6.45, 7) is 5.34. The number of imide groups is 1. The molecule has 3 atom stereocenters. The van der Waals surface area contributed by atoms with Gasteiger partial charge in [-0.25, -0.2) is 9.96 Å². The number of fused-ring (bicyclic) bond motifs is 1. The van der Waals surface area contributed by atoms with E-state index in [-0.39, 0.29) is 11.8 Å². The topological polar surface area (TPSA) is 68.3 Å². The molecule has 39 heavy (non-hydrogen) atoms. The molecule has 0 bridgehead atoms. The summed E-state index contributed by atoms with van der Waals surface area (Å²) in [5.41, 5.74) is 2.19. The first-order chi connectivity index (χ1) is 19.1. The Hall–Kier alpha value is -3.84. The number of benzene rings is 3. The zero-order valence-electron chi connectivity index (χ0n) is 22.6. The molecule has 2 amide bonds. The van der Waals surface area contributed by atoms with Crippen molar-refractivity contribution in [2.24, 2.45) is 5.92 Å². The highest BCUT2D eigenvalue weighted by Gasteiger charge is 2.60. The van der Waals surface area contributed by atoms with Crippen LogP contribution in [0.2, 0.25) is 0 Å². The maximum atomic E-state index is 13.8. The fourth-order valence-electron chi connectivity index (χ4n) is 5.32. The zero-order chi connectivity index (χ0) is 27.2. The molecule has 0 aliphatic carbocycles. The number of hydrogen-bond acceptors (Lipinski definition) is 6. The lowest BCUT2D eigenvalue weighted by atomic mass is 9.90. The predicted molar refractivity (Wildman–Crippen MR) is 151 cm³/mol. The van der Waals surface area contributed by atoms with E-state index >= 15 is 0 Å². The number of nitrogens with zero attached hydrogens (tertiary/aromatic N) is 2. The fraction of sp³-hybridized carbons (Fsp3) is 0.375. The second kappa shape index (κ2) is 12.3. The van der Waals surface area contributed by atoms with E-state index in [9.17, 15) is 9.59 Å². The molecule has 2 aliphatic rings. The lowest BCUT2D eigenvalue weighted by Gasteiger charge is -2.29. The third kappa shape index (κ3) is 5.64. The van der Waals surface area contributed by atoms with Gasteiger partial charge >= 0.3 is 0 Å². The first-order valence-electron chi connectivity index (χ1n) is 14.0. The van der Waals surface area contributed by atoms with Gasteiger partial charge in [0.2, 0.25) is 5.91 Å². The van der Waals surface area contributed by atoms with Gasteiger partial charge in [0.1, 0.15) is 17.4 Å². The van der Waals surface area contributed by atoms with Gasteiger partial charge in [0.15, 0.2) is 6.10 Å². The molecule has 2 heterocycles. The van der Waals surface area contributed by atoms with Crippen LogP contribution in [0, 0.1) is 5.92 Å². The Morgan fingerprint density at radius 1 is 0.718 bits per heavy atom. The third-order valence-corrected chi connectivity index (χ3v) is 7.27. The Morgan fingerprint density at radius 2 is 1.38 bits per heavy atom. The smallest absolute Gasteiger partial charge is 0.266 e. The minimum Gasteiger partial charge on any atom is -0.494 e. The SMILES string of the molecule is CCCCCCCOc1ccc([C@@H]2[C@@H]3C(=O)N(c4ccc(OCC)cc4)C(=O)[C@H]3ON2c2ccccc2)cc1. The van der Waals surface area contributed by atoms with Gasteiger partial charge in [-0.1, -0.05) is 62.9 Å². The van der Waals surface area contributed by atoms with E-state index in [1.165, 1.54) is 30.6 Å². The summed E-state index contributed by atoms with van der Waals surface area (Å²) in [5.74, 6) is 0.161. The Labute approximate surface area is 230 Å². The Bertz CT molecular complexity index is 1250. The van der Waals surface area contributed by atoms with Crippen molar-refractivity contribution in [1.82, 2.24) is 0 Å². The molecule has 3 aromatic rings. The maximum Gasteiger partial charge on any atom is 0.266 e. The van der Waals surface area contributed by atoms with Crippen LogP contribution >= 0.6 is 0 Å². The van der Waals surface area contributed by atoms with Crippen molar-refractivity contribution in [3.05, 3.63) is 84.4 Å². The molecule has 0 aromatic heterocycles. The molecule has 0 spiro atoms. The van der Waals surface area contributed by atoms with E-state index in [2.05, 4.69) is 6.92 Å². The molecule has 2 fully saturated rings. The van der Waals surface area contributed by atoms with E-state index in [0.29, 0.717) is 24.7 Å². The normalized spacial score (nSPS) is 20.4. The summed E-state index contributed by atoms with van der Waals surface area (Å²) in [6.07, 6.45) is 5.01. The zero-order valence-corrected chi connectivity index (χ0v) is 22.6. The quantitative estimate of drug-likeness (QED) is 0.198. The van der Waals surface area contributed by atoms with Gasteiger partial charge in [0.05, 0.1) is 30.6 Å². The van der Waals surface area contributed by atoms with Crippen LogP contribution in [0.25, 0.3) is 0 Å². The molecule has 3 aromatic carbocycles. The minimum atomic E-state index is -0.909. The summed E-state index contributed by atoms with van der Waals surface area (Å²) in [7, 11) is 0. The number of para-hydroxylation sites is 1. The van der Waals surface area contributed by atoms with E-state index in [0.717, 1.165) is 23.4 Å². The average Bonchev–Trinajstić information content (AvgIpc) is 3.48. The summed E-state index contributed by atoms with van der Waals surface area (Å²) < 4.78 is 11.5. The highest BCUT2D eigenvalue weighted by molar-refractivity contribution is 6.23. The Balaban J connectivity index is 1.37. The highest BCUT2D eigenvalue weighted by Crippen LogP contribution is 2.47. The van der Waals surface area contributed by atoms with Crippen LogP contribution in [0.5, 0.6) is 11.5 Å². The van der Waals surface area contributed by atoms with Crippen LogP contribution in [0.1, 0.15) is 57.6 Å². The maximum absolute atomic E-state index is 13.8. The van der Waals surface area contributed by atoms with Gasteiger partial charge in [0, 0.05) is 0 Å². The monoisotopic (exact) mass is 528 g/mol. The first kappa shape index (κ1) is 26.8. The molecule has 7 nitrogen and oxygen atoms in total. The van der Waals surface area contributed by atoms with Crippen molar-refractivity contribution >= 4 is 23.2 Å². The number of hydrogen-bond donors (Lipinski definition) is 0. The van der Waals surface area contributed by atoms with Crippen LogP contribution in [0.3, 0.4) is 0 Å². The van der Waals surface area contributed by atoms with Crippen molar-refractivity contribution in [2.45, 2.75) is 58.1 Å². The minimum absolute atomic E-state index is 0.273. The number of rotatable bonds is 12.